The molecule has 0 bridgehead atoms. The van der Waals surface area contributed by atoms with Crippen LogP contribution in [0.25, 0.3) is 0 Å². The van der Waals surface area contributed by atoms with Crippen LogP contribution in [0.15, 0.2) is 48.5 Å². The Morgan fingerprint density at radius 2 is 1.86 bits per heavy atom. The minimum Gasteiger partial charge on any atom is -0.310 e. The third kappa shape index (κ3) is 4.28. The molecular formula is C16H17ClN2O2. The molecule has 0 aliphatic carbocycles. The topological polar surface area (TPSA) is 55.2 Å². The van der Waals surface area contributed by atoms with E-state index in [-0.39, 0.29) is 16.7 Å². The molecule has 0 spiro atoms. The molecule has 0 saturated heterocycles. The summed E-state index contributed by atoms with van der Waals surface area (Å²) in [5.74, 6) is 0. The first kappa shape index (κ1) is 15.5. The van der Waals surface area contributed by atoms with E-state index in [4.69, 9.17) is 11.6 Å². The minimum atomic E-state index is -0.335. The Bertz CT molecular complexity index is 614. The van der Waals surface area contributed by atoms with Crippen molar-refractivity contribution < 1.29 is 4.92 Å². The standard InChI is InChI=1S/C16H17ClN2O2/c1-12(13-6-8-15(17)9-7-13)18-11-10-14-4-2-3-5-16(14)19(20)21/h2-9,12,18H,10-11H2,1H3/t12-/m0/s1. The van der Waals surface area contributed by atoms with Crippen LogP contribution in [0.5, 0.6) is 0 Å². The summed E-state index contributed by atoms with van der Waals surface area (Å²) >= 11 is 5.86. The number of nitro groups is 1. The van der Waals surface area contributed by atoms with Crippen molar-refractivity contribution >= 4 is 17.3 Å². The normalized spacial score (nSPS) is 12.1. The lowest BCUT2D eigenvalue weighted by Crippen LogP contribution is -2.21. The molecule has 0 amide bonds. The summed E-state index contributed by atoms with van der Waals surface area (Å²) in [6.45, 7) is 2.73. The van der Waals surface area contributed by atoms with Gasteiger partial charge in [0.1, 0.15) is 0 Å². The molecule has 0 aliphatic rings. The zero-order chi connectivity index (χ0) is 15.2. The maximum atomic E-state index is 10.9. The first-order chi connectivity index (χ1) is 10.1. The van der Waals surface area contributed by atoms with Crippen LogP contribution in [0.2, 0.25) is 5.02 Å². The van der Waals surface area contributed by atoms with Crippen molar-refractivity contribution in [2.75, 3.05) is 6.54 Å². The van der Waals surface area contributed by atoms with Crippen LogP contribution in [-0.2, 0) is 6.42 Å². The molecule has 2 rings (SSSR count). The predicted molar refractivity (Wildman–Crippen MR) is 84.7 cm³/mol. The highest BCUT2D eigenvalue weighted by Gasteiger charge is 2.12. The third-order valence-electron chi connectivity index (χ3n) is 3.40. The second-order valence-corrected chi connectivity index (χ2v) is 5.30. The van der Waals surface area contributed by atoms with Gasteiger partial charge >= 0.3 is 0 Å². The van der Waals surface area contributed by atoms with Gasteiger partial charge in [-0.1, -0.05) is 41.9 Å². The van der Waals surface area contributed by atoms with Gasteiger partial charge in [0.05, 0.1) is 4.92 Å². The van der Waals surface area contributed by atoms with Crippen molar-refractivity contribution in [3.05, 3.63) is 74.8 Å². The number of nitro benzene ring substituents is 1. The Balaban J connectivity index is 1.92. The fourth-order valence-electron chi connectivity index (χ4n) is 2.19. The van der Waals surface area contributed by atoms with Crippen molar-refractivity contribution in [3.63, 3.8) is 0 Å². The molecular weight excluding hydrogens is 288 g/mol. The Morgan fingerprint density at radius 3 is 2.52 bits per heavy atom. The third-order valence-corrected chi connectivity index (χ3v) is 3.66. The highest BCUT2D eigenvalue weighted by atomic mass is 35.5. The van der Waals surface area contributed by atoms with Gasteiger partial charge in [0, 0.05) is 22.7 Å². The van der Waals surface area contributed by atoms with E-state index in [1.54, 1.807) is 12.1 Å². The molecule has 0 saturated carbocycles. The smallest absolute Gasteiger partial charge is 0.272 e. The number of hydrogen-bond acceptors (Lipinski definition) is 3. The maximum absolute atomic E-state index is 10.9. The Morgan fingerprint density at radius 1 is 1.19 bits per heavy atom. The molecule has 1 atom stereocenters. The van der Waals surface area contributed by atoms with E-state index in [0.717, 1.165) is 11.1 Å². The lowest BCUT2D eigenvalue weighted by atomic mass is 10.1. The lowest BCUT2D eigenvalue weighted by Gasteiger charge is -2.14. The van der Waals surface area contributed by atoms with E-state index < -0.39 is 0 Å². The average molecular weight is 305 g/mol. The fourth-order valence-corrected chi connectivity index (χ4v) is 2.32. The molecule has 2 aromatic carbocycles. The van der Waals surface area contributed by atoms with Gasteiger partial charge in [-0.05, 0) is 37.6 Å². The number of nitrogens with zero attached hydrogens (tertiary/aromatic N) is 1. The van der Waals surface area contributed by atoms with E-state index in [0.29, 0.717) is 18.0 Å². The SMILES string of the molecule is C[C@H](NCCc1ccccc1[N+](=O)[O-])c1ccc(Cl)cc1. The van der Waals surface area contributed by atoms with Crippen LogP contribution in [0.4, 0.5) is 5.69 Å². The number of rotatable bonds is 6. The highest BCUT2D eigenvalue weighted by Crippen LogP contribution is 2.19. The zero-order valence-electron chi connectivity index (χ0n) is 11.8. The average Bonchev–Trinajstić information content (AvgIpc) is 2.48. The van der Waals surface area contributed by atoms with Crippen molar-refractivity contribution in [3.8, 4) is 0 Å². The summed E-state index contributed by atoms with van der Waals surface area (Å²) in [6.07, 6.45) is 0.620. The minimum absolute atomic E-state index is 0.171. The number of halogens is 1. The Labute approximate surface area is 128 Å². The summed E-state index contributed by atoms with van der Waals surface area (Å²) < 4.78 is 0. The van der Waals surface area contributed by atoms with Gasteiger partial charge < -0.3 is 5.32 Å². The van der Waals surface area contributed by atoms with Crippen LogP contribution in [0.1, 0.15) is 24.1 Å². The van der Waals surface area contributed by atoms with Gasteiger partial charge in [-0.15, -0.1) is 0 Å². The summed E-state index contributed by atoms with van der Waals surface area (Å²) in [7, 11) is 0. The number of nitrogens with one attached hydrogen (secondary N) is 1. The van der Waals surface area contributed by atoms with Crippen LogP contribution in [-0.4, -0.2) is 11.5 Å². The number of benzene rings is 2. The molecule has 4 nitrogen and oxygen atoms in total. The van der Waals surface area contributed by atoms with Gasteiger partial charge in [0.2, 0.25) is 0 Å². The molecule has 0 radical (unpaired) electrons. The first-order valence-electron chi connectivity index (χ1n) is 6.79. The molecule has 0 aliphatic heterocycles. The largest absolute Gasteiger partial charge is 0.310 e. The fraction of sp³-hybridized carbons (Fsp3) is 0.250. The molecule has 110 valence electrons. The zero-order valence-corrected chi connectivity index (χ0v) is 12.5. The van der Waals surface area contributed by atoms with E-state index in [1.165, 1.54) is 6.07 Å². The summed E-state index contributed by atoms with van der Waals surface area (Å²) in [4.78, 5) is 10.6. The van der Waals surface area contributed by atoms with E-state index in [2.05, 4.69) is 12.2 Å². The predicted octanol–water partition coefficient (Wildman–Crippen LogP) is 4.14. The molecule has 0 aromatic heterocycles. The van der Waals surface area contributed by atoms with E-state index in [1.807, 2.05) is 30.3 Å². The van der Waals surface area contributed by atoms with Gasteiger partial charge in [-0.25, -0.2) is 0 Å². The van der Waals surface area contributed by atoms with Crippen LogP contribution in [0.3, 0.4) is 0 Å². The van der Waals surface area contributed by atoms with Crippen molar-refractivity contribution in [1.29, 1.82) is 0 Å². The second kappa shape index (κ2) is 7.20. The highest BCUT2D eigenvalue weighted by molar-refractivity contribution is 6.30. The molecule has 0 unspecified atom stereocenters. The van der Waals surface area contributed by atoms with Gasteiger partial charge in [-0.3, -0.25) is 10.1 Å². The Kier molecular flexibility index (Phi) is 5.31. The molecule has 5 heteroatoms. The summed E-state index contributed by atoms with van der Waals surface area (Å²) in [5, 5.41) is 15.0. The number of hydrogen-bond donors (Lipinski definition) is 1. The monoisotopic (exact) mass is 304 g/mol. The lowest BCUT2D eigenvalue weighted by molar-refractivity contribution is -0.385. The van der Waals surface area contributed by atoms with Crippen molar-refractivity contribution in [2.24, 2.45) is 0 Å². The van der Waals surface area contributed by atoms with E-state index >= 15 is 0 Å². The maximum Gasteiger partial charge on any atom is 0.272 e. The molecule has 0 heterocycles. The molecule has 2 aromatic rings. The van der Waals surface area contributed by atoms with Crippen LogP contribution >= 0.6 is 11.6 Å². The summed E-state index contributed by atoms with van der Waals surface area (Å²) in [5.41, 5.74) is 2.07. The molecule has 21 heavy (non-hydrogen) atoms. The van der Waals surface area contributed by atoms with Gasteiger partial charge in [-0.2, -0.15) is 0 Å². The van der Waals surface area contributed by atoms with Gasteiger partial charge in [0.25, 0.3) is 5.69 Å². The van der Waals surface area contributed by atoms with Gasteiger partial charge in [0.15, 0.2) is 0 Å². The molecule has 1 N–H and O–H groups in total. The van der Waals surface area contributed by atoms with Crippen molar-refractivity contribution in [1.82, 2.24) is 5.32 Å². The number of para-hydroxylation sites is 1. The Hall–Kier alpha value is -1.91. The van der Waals surface area contributed by atoms with Crippen LogP contribution in [0, 0.1) is 10.1 Å². The van der Waals surface area contributed by atoms with E-state index in [9.17, 15) is 10.1 Å². The first-order valence-corrected chi connectivity index (χ1v) is 7.17. The quantitative estimate of drug-likeness (QED) is 0.644. The van der Waals surface area contributed by atoms with Crippen molar-refractivity contribution in [2.45, 2.75) is 19.4 Å². The van der Waals surface area contributed by atoms with Crippen LogP contribution < -0.4 is 5.32 Å². The second-order valence-electron chi connectivity index (χ2n) is 4.86. The summed E-state index contributed by atoms with van der Waals surface area (Å²) in [6, 6.07) is 14.7. The molecule has 0 fully saturated rings.